The monoisotopic (exact) mass is 232 g/mol. The maximum absolute atomic E-state index is 10.8. The summed E-state index contributed by atoms with van der Waals surface area (Å²) in [6.45, 7) is 8.19. The van der Waals surface area contributed by atoms with E-state index in [2.05, 4.69) is 32.0 Å². The standard InChI is InChI=1S/C15H20O2/c1-10(2)14(9-15(16)17)8-13-6-5-11(3)7-12(13)4/h5-7,9-10H,8H2,1-4H3,(H,16,17)/b14-9-. The third-order valence-electron chi connectivity index (χ3n) is 2.94. The van der Waals surface area contributed by atoms with E-state index >= 15 is 0 Å². The molecule has 0 atom stereocenters. The Balaban J connectivity index is 2.98. The average molecular weight is 232 g/mol. The number of aliphatic carboxylic acids is 1. The molecular weight excluding hydrogens is 212 g/mol. The first-order valence-electron chi connectivity index (χ1n) is 5.89. The number of allylic oxidation sites excluding steroid dienone is 1. The lowest BCUT2D eigenvalue weighted by atomic mass is 9.92. The molecule has 1 N–H and O–H groups in total. The molecule has 0 bridgehead atoms. The van der Waals surface area contributed by atoms with Crippen LogP contribution in [0.25, 0.3) is 0 Å². The van der Waals surface area contributed by atoms with Crippen molar-refractivity contribution in [1.82, 2.24) is 0 Å². The van der Waals surface area contributed by atoms with E-state index in [1.54, 1.807) is 0 Å². The Morgan fingerprint density at radius 2 is 2.00 bits per heavy atom. The first kappa shape index (κ1) is 13.5. The van der Waals surface area contributed by atoms with E-state index in [1.165, 1.54) is 22.8 Å². The molecule has 17 heavy (non-hydrogen) atoms. The zero-order valence-electron chi connectivity index (χ0n) is 10.9. The Labute approximate surface area is 103 Å². The number of carbonyl (C=O) groups is 1. The summed E-state index contributed by atoms with van der Waals surface area (Å²) in [5.41, 5.74) is 4.63. The van der Waals surface area contributed by atoms with E-state index in [0.29, 0.717) is 0 Å². The van der Waals surface area contributed by atoms with Crippen LogP contribution >= 0.6 is 0 Å². The van der Waals surface area contributed by atoms with Gasteiger partial charge in [0.25, 0.3) is 0 Å². The van der Waals surface area contributed by atoms with Gasteiger partial charge in [0.15, 0.2) is 0 Å². The van der Waals surface area contributed by atoms with Crippen molar-refractivity contribution < 1.29 is 9.90 Å². The molecule has 0 amide bonds. The third-order valence-corrected chi connectivity index (χ3v) is 2.94. The lowest BCUT2D eigenvalue weighted by Crippen LogP contribution is -2.04. The first-order chi connectivity index (χ1) is 7.90. The Morgan fingerprint density at radius 1 is 1.35 bits per heavy atom. The molecule has 1 rings (SSSR count). The first-order valence-corrected chi connectivity index (χ1v) is 5.89. The second-order valence-electron chi connectivity index (χ2n) is 4.82. The summed E-state index contributed by atoms with van der Waals surface area (Å²) in [6, 6.07) is 6.29. The fourth-order valence-electron chi connectivity index (χ4n) is 1.84. The molecule has 0 unspecified atom stereocenters. The zero-order chi connectivity index (χ0) is 13.0. The van der Waals surface area contributed by atoms with Crippen LogP contribution in [0.3, 0.4) is 0 Å². The molecule has 2 heteroatoms. The van der Waals surface area contributed by atoms with Crippen molar-refractivity contribution in [1.29, 1.82) is 0 Å². The number of carboxylic acid groups (broad SMARTS) is 1. The topological polar surface area (TPSA) is 37.3 Å². The molecular formula is C15H20O2. The SMILES string of the molecule is Cc1ccc(C/C(=C/C(=O)O)C(C)C)c(C)c1. The maximum Gasteiger partial charge on any atom is 0.328 e. The van der Waals surface area contributed by atoms with Gasteiger partial charge in [0.05, 0.1) is 0 Å². The van der Waals surface area contributed by atoms with Gasteiger partial charge in [0, 0.05) is 6.08 Å². The molecule has 0 heterocycles. The van der Waals surface area contributed by atoms with Crippen molar-refractivity contribution in [3.05, 3.63) is 46.5 Å². The Morgan fingerprint density at radius 3 is 2.47 bits per heavy atom. The van der Waals surface area contributed by atoms with Crippen LogP contribution in [0, 0.1) is 19.8 Å². The highest BCUT2D eigenvalue weighted by Gasteiger charge is 2.08. The second-order valence-corrected chi connectivity index (χ2v) is 4.82. The van der Waals surface area contributed by atoms with Crippen molar-refractivity contribution in [2.75, 3.05) is 0 Å². The highest BCUT2D eigenvalue weighted by atomic mass is 16.4. The Bertz CT molecular complexity index is 442. The van der Waals surface area contributed by atoms with Crippen LogP contribution in [0.4, 0.5) is 0 Å². The van der Waals surface area contributed by atoms with Gasteiger partial charge in [-0.3, -0.25) is 0 Å². The van der Waals surface area contributed by atoms with E-state index in [9.17, 15) is 4.79 Å². The summed E-state index contributed by atoms with van der Waals surface area (Å²) in [6.07, 6.45) is 2.06. The molecule has 0 fully saturated rings. The summed E-state index contributed by atoms with van der Waals surface area (Å²) in [5, 5.41) is 8.85. The van der Waals surface area contributed by atoms with Crippen LogP contribution < -0.4 is 0 Å². The molecule has 0 aliphatic heterocycles. The van der Waals surface area contributed by atoms with Gasteiger partial charge >= 0.3 is 5.97 Å². The molecule has 0 radical (unpaired) electrons. The fraction of sp³-hybridized carbons (Fsp3) is 0.400. The van der Waals surface area contributed by atoms with Gasteiger partial charge in [-0.05, 0) is 37.3 Å². The van der Waals surface area contributed by atoms with Crippen LogP contribution in [0.15, 0.2) is 29.8 Å². The second kappa shape index (κ2) is 5.67. The van der Waals surface area contributed by atoms with Gasteiger partial charge in [-0.2, -0.15) is 0 Å². The van der Waals surface area contributed by atoms with Crippen LogP contribution in [0.2, 0.25) is 0 Å². The maximum atomic E-state index is 10.8. The van der Waals surface area contributed by atoms with Crippen molar-refractivity contribution in [2.45, 2.75) is 34.1 Å². The van der Waals surface area contributed by atoms with Crippen molar-refractivity contribution in [3.8, 4) is 0 Å². The smallest absolute Gasteiger partial charge is 0.328 e. The molecule has 0 saturated carbocycles. The van der Waals surface area contributed by atoms with Gasteiger partial charge in [-0.25, -0.2) is 4.79 Å². The predicted molar refractivity (Wildman–Crippen MR) is 70.2 cm³/mol. The average Bonchev–Trinajstić information content (AvgIpc) is 2.19. The predicted octanol–water partition coefficient (Wildman–Crippen LogP) is 3.51. The number of benzene rings is 1. The van der Waals surface area contributed by atoms with Gasteiger partial charge in [0.1, 0.15) is 0 Å². The van der Waals surface area contributed by atoms with Crippen LogP contribution in [-0.2, 0) is 11.2 Å². The number of hydrogen-bond acceptors (Lipinski definition) is 1. The van der Waals surface area contributed by atoms with E-state index < -0.39 is 5.97 Å². The molecule has 0 aromatic heterocycles. The van der Waals surface area contributed by atoms with Crippen LogP contribution in [0.1, 0.15) is 30.5 Å². The largest absolute Gasteiger partial charge is 0.478 e. The molecule has 1 aromatic rings. The summed E-state index contributed by atoms with van der Waals surface area (Å²) < 4.78 is 0. The minimum Gasteiger partial charge on any atom is -0.478 e. The minimum absolute atomic E-state index is 0.256. The zero-order valence-corrected chi connectivity index (χ0v) is 10.9. The molecule has 0 spiro atoms. The van der Waals surface area contributed by atoms with E-state index in [0.717, 1.165) is 12.0 Å². The molecule has 92 valence electrons. The third kappa shape index (κ3) is 4.06. The molecule has 0 saturated heterocycles. The Kier molecular flexibility index (Phi) is 4.50. The summed E-state index contributed by atoms with van der Waals surface area (Å²) in [4.78, 5) is 10.8. The number of carboxylic acids is 1. The normalized spacial score (nSPS) is 11.9. The highest BCUT2D eigenvalue weighted by Crippen LogP contribution is 2.19. The summed E-state index contributed by atoms with van der Waals surface area (Å²) >= 11 is 0. The Hall–Kier alpha value is -1.57. The molecule has 1 aromatic carbocycles. The van der Waals surface area contributed by atoms with Crippen molar-refractivity contribution >= 4 is 5.97 Å². The highest BCUT2D eigenvalue weighted by molar-refractivity contribution is 5.80. The molecule has 2 nitrogen and oxygen atoms in total. The van der Waals surface area contributed by atoms with E-state index in [-0.39, 0.29) is 5.92 Å². The van der Waals surface area contributed by atoms with Gasteiger partial charge in [-0.1, -0.05) is 43.2 Å². The minimum atomic E-state index is -0.863. The number of aryl methyl sites for hydroxylation is 2. The van der Waals surface area contributed by atoms with Crippen molar-refractivity contribution in [2.24, 2.45) is 5.92 Å². The van der Waals surface area contributed by atoms with Gasteiger partial charge in [-0.15, -0.1) is 0 Å². The van der Waals surface area contributed by atoms with Gasteiger partial charge in [0.2, 0.25) is 0 Å². The lowest BCUT2D eigenvalue weighted by molar-refractivity contribution is -0.131. The number of rotatable bonds is 4. The van der Waals surface area contributed by atoms with E-state index in [4.69, 9.17) is 5.11 Å². The lowest BCUT2D eigenvalue weighted by Gasteiger charge is -2.13. The summed E-state index contributed by atoms with van der Waals surface area (Å²) in [7, 11) is 0. The van der Waals surface area contributed by atoms with Crippen molar-refractivity contribution in [3.63, 3.8) is 0 Å². The molecule has 0 aliphatic rings. The molecule has 0 aliphatic carbocycles. The van der Waals surface area contributed by atoms with Gasteiger partial charge < -0.3 is 5.11 Å². The summed E-state index contributed by atoms with van der Waals surface area (Å²) in [5.74, 6) is -0.606. The van der Waals surface area contributed by atoms with Crippen LogP contribution in [0.5, 0.6) is 0 Å². The fourth-order valence-corrected chi connectivity index (χ4v) is 1.84. The quantitative estimate of drug-likeness (QED) is 0.806. The van der Waals surface area contributed by atoms with Crippen LogP contribution in [-0.4, -0.2) is 11.1 Å². The van der Waals surface area contributed by atoms with E-state index in [1.807, 2.05) is 13.8 Å². The number of hydrogen-bond donors (Lipinski definition) is 1.